The second kappa shape index (κ2) is 7.50. The van der Waals surface area contributed by atoms with Gasteiger partial charge in [0.15, 0.2) is 5.78 Å². The second-order valence-electron chi connectivity index (χ2n) is 7.44. The van der Waals surface area contributed by atoms with Crippen LogP contribution >= 0.6 is 0 Å². The lowest BCUT2D eigenvalue weighted by Gasteiger charge is -2.21. The van der Waals surface area contributed by atoms with Crippen LogP contribution in [0.4, 0.5) is 13.2 Å². The highest BCUT2D eigenvalue weighted by atomic mass is 19.4. The molecule has 6 nitrogen and oxygen atoms in total. The minimum absolute atomic E-state index is 0.0162. The Morgan fingerprint density at radius 3 is 2.19 bits per heavy atom. The summed E-state index contributed by atoms with van der Waals surface area (Å²) < 4.78 is 41.7. The monoisotopic (exact) mass is 383 g/mol. The van der Waals surface area contributed by atoms with Crippen molar-refractivity contribution >= 4 is 11.7 Å². The Hall–Kier alpha value is -2.71. The number of hydrogen-bond donors (Lipinski definition) is 0. The van der Waals surface area contributed by atoms with Crippen LogP contribution in [0, 0.1) is 5.41 Å². The Morgan fingerprint density at radius 1 is 1.11 bits per heavy atom. The molecule has 0 unspecified atom stereocenters. The third kappa shape index (κ3) is 5.63. The molecule has 0 saturated heterocycles. The summed E-state index contributed by atoms with van der Waals surface area (Å²) in [7, 11) is 1.52. The van der Waals surface area contributed by atoms with Gasteiger partial charge < -0.3 is 9.42 Å². The fourth-order valence-electron chi connectivity index (χ4n) is 2.42. The van der Waals surface area contributed by atoms with Gasteiger partial charge in [0.2, 0.25) is 5.82 Å². The Kier molecular flexibility index (Phi) is 5.72. The molecule has 0 saturated carbocycles. The summed E-state index contributed by atoms with van der Waals surface area (Å²) in [5, 5.41) is 3.29. The minimum atomic E-state index is -4.72. The van der Waals surface area contributed by atoms with E-state index in [1.165, 1.54) is 36.2 Å². The van der Waals surface area contributed by atoms with Gasteiger partial charge in [-0.1, -0.05) is 38.1 Å². The third-order valence-electron chi connectivity index (χ3n) is 3.55. The van der Waals surface area contributed by atoms with E-state index in [2.05, 4.69) is 14.7 Å². The number of likely N-dealkylation sites (N-methyl/N-ethyl adjacent to an activating group) is 1. The zero-order chi connectivity index (χ0) is 20.4. The smallest absolute Gasteiger partial charge is 0.334 e. The number of rotatable bonds is 5. The highest BCUT2D eigenvalue weighted by Crippen LogP contribution is 2.29. The maximum absolute atomic E-state index is 12.5. The van der Waals surface area contributed by atoms with Crippen molar-refractivity contribution in [2.75, 3.05) is 13.6 Å². The fraction of sp³-hybridized carbons (Fsp3) is 0.444. The predicted octanol–water partition coefficient (Wildman–Crippen LogP) is 3.83. The molecule has 2 rings (SSSR count). The molecule has 27 heavy (non-hydrogen) atoms. The normalized spacial score (nSPS) is 12.1. The summed E-state index contributed by atoms with van der Waals surface area (Å²) in [6, 6.07) is 5.71. The standard InChI is InChI=1S/C18H20F3N3O3/c1-17(2,3)9-13(25)10-24(4)15(26)12-7-5-11(6-8-12)14-22-16(27-23-14)18(19,20)21/h5-8H,9-10H2,1-4H3. The quantitative estimate of drug-likeness (QED) is 0.784. The van der Waals surface area contributed by atoms with Crippen LogP contribution in [0.15, 0.2) is 28.8 Å². The van der Waals surface area contributed by atoms with E-state index in [1.54, 1.807) is 0 Å². The van der Waals surface area contributed by atoms with Gasteiger partial charge >= 0.3 is 12.1 Å². The molecule has 0 aliphatic heterocycles. The van der Waals surface area contributed by atoms with E-state index in [4.69, 9.17) is 0 Å². The van der Waals surface area contributed by atoms with Crippen molar-refractivity contribution in [3.63, 3.8) is 0 Å². The first-order chi connectivity index (χ1) is 12.4. The molecule has 0 fully saturated rings. The predicted molar refractivity (Wildman–Crippen MR) is 90.8 cm³/mol. The number of carbonyl (C=O) groups is 2. The molecule has 0 atom stereocenters. The van der Waals surface area contributed by atoms with Gasteiger partial charge in [0.1, 0.15) is 0 Å². The van der Waals surface area contributed by atoms with Gasteiger partial charge in [-0.05, 0) is 17.5 Å². The van der Waals surface area contributed by atoms with Gasteiger partial charge in [0.25, 0.3) is 5.91 Å². The second-order valence-corrected chi connectivity index (χ2v) is 7.44. The van der Waals surface area contributed by atoms with Gasteiger partial charge in [0.05, 0.1) is 6.54 Å². The number of benzene rings is 1. The van der Waals surface area contributed by atoms with Crippen LogP contribution in [0.1, 0.15) is 43.4 Å². The van der Waals surface area contributed by atoms with Crippen LogP contribution in [0.3, 0.4) is 0 Å². The van der Waals surface area contributed by atoms with Gasteiger partial charge in [0, 0.05) is 24.6 Å². The van der Waals surface area contributed by atoms with E-state index >= 15 is 0 Å². The summed E-state index contributed by atoms with van der Waals surface area (Å²) in [6.45, 7) is 5.80. The zero-order valence-corrected chi connectivity index (χ0v) is 15.4. The number of hydrogen-bond acceptors (Lipinski definition) is 5. The molecule has 1 amide bonds. The van der Waals surface area contributed by atoms with E-state index in [9.17, 15) is 22.8 Å². The minimum Gasteiger partial charge on any atom is -0.334 e. The molecule has 0 spiro atoms. The maximum atomic E-state index is 12.5. The van der Waals surface area contributed by atoms with Crippen molar-refractivity contribution in [2.24, 2.45) is 5.41 Å². The van der Waals surface area contributed by atoms with Crippen LogP contribution in [0.5, 0.6) is 0 Å². The van der Waals surface area contributed by atoms with Crippen LogP contribution < -0.4 is 0 Å². The maximum Gasteiger partial charge on any atom is 0.471 e. The summed E-state index contributed by atoms with van der Waals surface area (Å²) in [5.41, 5.74) is 0.407. The summed E-state index contributed by atoms with van der Waals surface area (Å²) in [4.78, 5) is 29.0. The number of ketones is 1. The van der Waals surface area contributed by atoms with Crippen LogP contribution in [-0.4, -0.2) is 40.3 Å². The number of amides is 1. The average molecular weight is 383 g/mol. The van der Waals surface area contributed by atoms with Crippen LogP contribution in [-0.2, 0) is 11.0 Å². The number of aromatic nitrogens is 2. The summed E-state index contributed by atoms with van der Waals surface area (Å²) in [6.07, 6.45) is -4.37. The van der Waals surface area contributed by atoms with Crippen molar-refractivity contribution in [3.05, 3.63) is 35.7 Å². The van der Waals surface area contributed by atoms with Crippen LogP contribution in [0.25, 0.3) is 11.4 Å². The largest absolute Gasteiger partial charge is 0.471 e. The fourth-order valence-corrected chi connectivity index (χ4v) is 2.42. The highest BCUT2D eigenvalue weighted by molar-refractivity contribution is 5.97. The Bertz CT molecular complexity index is 821. The molecule has 0 N–H and O–H groups in total. The first-order valence-electron chi connectivity index (χ1n) is 8.15. The summed E-state index contributed by atoms with van der Waals surface area (Å²) >= 11 is 0. The highest BCUT2D eigenvalue weighted by Gasteiger charge is 2.38. The van der Waals surface area contributed by atoms with Crippen molar-refractivity contribution in [2.45, 2.75) is 33.4 Å². The molecular weight excluding hydrogens is 363 g/mol. The third-order valence-corrected chi connectivity index (χ3v) is 3.55. The molecule has 1 aromatic carbocycles. The van der Waals surface area contributed by atoms with E-state index in [-0.39, 0.29) is 35.0 Å². The van der Waals surface area contributed by atoms with Gasteiger partial charge in [-0.2, -0.15) is 18.2 Å². The molecule has 0 aliphatic carbocycles. The van der Waals surface area contributed by atoms with Crippen LogP contribution in [0.2, 0.25) is 0 Å². The topological polar surface area (TPSA) is 76.3 Å². The van der Waals surface area contributed by atoms with Gasteiger partial charge in [-0.3, -0.25) is 9.59 Å². The number of nitrogens with zero attached hydrogens (tertiary/aromatic N) is 3. The van der Waals surface area contributed by atoms with Crippen molar-refractivity contribution in [1.29, 1.82) is 0 Å². The lowest BCUT2D eigenvalue weighted by molar-refractivity contribution is -0.159. The molecule has 2 aromatic rings. The summed E-state index contributed by atoms with van der Waals surface area (Å²) in [5.74, 6) is -2.08. The van der Waals surface area contributed by atoms with Crippen molar-refractivity contribution < 1.29 is 27.3 Å². The number of halogens is 3. The number of Topliss-reactive ketones (excluding diaryl/α,β-unsaturated/α-hetero) is 1. The Morgan fingerprint density at radius 2 is 1.70 bits per heavy atom. The molecule has 9 heteroatoms. The number of carbonyl (C=O) groups excluding carboxylic acids is 2. The SMILES string of the molecule is CN(CC(=O)CC(C)(C)C)C(=O)c1ccc(-c2noc(C(F)(F)F)n2)cc1. The van der Waals surface area contributed by atoms with Crippen molar-refractivity contribution in [3.8, 4) is 11.4 Å². The lowest BCUT2D eigenvalue weighted by atomic mass is 9.90. The molecule has 0 radical (unpaired) electrons. The Labute approximate surface area is 154 Å². The van der Waals surface area contributed by atoms with E-state index in [0.717, 1.165) is 0 Å². The molecule has 1 aromatic heterocycles. The first kappa shape index (κ1) is 20.6. The average Bonchev–Trinajstić information content (AvgIpc) is 3.02. The van der Waals surface area contributed by atoms with Gasteiger partial charge in [-0.15, -0.1) is 0 Å². The molecule has 0 bridgehead atoms. The van der Waals surface area contributed by atoms with E-state index in [1.807, 2.05) is 20.8 Å². The first-order valence-corrected chi connectivity index (χ1v) is 8.15. The van der Waals surface area contributed by atoms with E-state index in [0.29, 0.717) is 12.0 Å². The molecular formula is C18H20F3N3O3. The zero-order valence-electron chi connectivity index (χ0n) is 15.4. The van der Waals surface area contributed by atoms with E-state index < -0.39 is 12.1 Å². The van der Waals surface area contributed by atoms with Crippen molar-refractivity contribution in [1.82, 2.24) is 15.0 Å². The lowest BCUT2D eigenvalue weighted by Crippen LogP contribution is -2.33. The number of alkyl halides is 3. The van der Waals surface area contributed by atoms with Gasteiger partial charge in [-0.25, -0.2) is 0 Å². The molecule has 0 aliphatic rings. The Balaban J connectivity index is 2.07. The molecule has 1 heterocycles. The molecule has 146 valence electrons.